The molecule has 0 radical (unpaired) electrons. The molecule has 0 bridgehead atoms. The second-order valence-corrected chi connectivity index (χ2v) is 5.23. The molecular weight excluding hydrogens is 204 g/mol. The van der Waals surface area contributed by atoms with Crippen LogP contribution in [0.3, 0.4) is 0 Å². The van der Waals surface area contributed by atoms with E-state index in [9.17, 15) is 9.59 Å². The molecule has 1 saturated heterocycles. The Labute approximate surface area is 96.4 Å². The molecule has 1 aliphatic heterocycles. The van der Waals surface area contributed by atoms with Crippen LogP contribution in [0.25, 0.3) is 0 Å². The molecule has 2 amide bonds. The normalized spacial score (nSPS) is 32.6. The lowest BCUT2D eigenvalue weighted by Crippen LogP contribution is -2.62. The summed E-state index contributed by atoms with van der Waals surface area (Å²) in [5, 5.41) is 2.70. The summed E-state index contributed by atoms with van der Waals surface area (Å²) in [5.74, 6) is 0.0332. The molecule has 90 valence electrons. The van der Waals surface area contributed by atoms with E-state index in [2.05, 4.69) is 12.2 Å². The Morgan fingerprint density at radius 2 is 2.00 bits per heavy atom. The predicted octanol–water partition coefficient (Wildman–Crippen LogP) is 0.912. The number of rotatable bonds is 3. The van der Waals surface area contributed by atoms with Crippen LogP contribution in [0.1, 0.15) is 40.0 Å². The zero-order valence-electron chi connectivity index (χ0n) is 10.2. The van der Waals surface area contributed by atoms with Crippen molar-refractivity contribution >= 4 is 11.8 Å². The maximum Gasteiger partial charge on any atom is 0.245 e. The van der Waals surface area contributed by atoms with Gasteiger partial charge in [0.2, 0.25) is 11.8 Å². The van der Waals surface area contributed by atoms with Crippen LogP contribution in [0, 0.1) is 5.41 Å². The van der Waals surface area contributed by atoms with Crippen molar-refractivity contribution in [3.8, 4) is 0 Å². The highest BCUT2D eigenvalue weighted by atomic mass is 16.2. The summed E-state index contributed by atoms with van der Waals surface area (Å²) < 4.78 is 0. The summed E-state index contributed by atoms with van der Waals surface area (Å²) in [4.78, 5) is 25.4. The number of nitrogens with one attached hydrogen (secondary N) is 1. The fourth-order valence-electron chi connectivity index (χ4n) is 2.35. The first-order valence-corrected chi connectivity index (χ1v) is 6.10. The fraction of sp³-hybridized carbons (Fsp3) is 0.833. The van der Waals surface area contributed by atoms with Gasteiger partial charge in [-0.3, -0.25) is 9.59 Å². The van der Waals surface area contributed by atoms with Crippen molar-refractivity contribution in [2.24, 2.45) is 5.41 Å². The zero-order chi connectivity index (χ0) is 11.9. The van der Waals surface area contributed by atoms with Gasteiger partial charge < -0.3 is 10.2 Å². The predicted molar refractivity (Wildman–Crippen MR) is 60.7 cm³/mol. The molecule has 1 aliphatic carbocycles. The summed E-state index contributed by atoms with van der Waals surface area (Å²) in [7, 11) is 0. The monoisotopic (exact) mass is 224 g/mol. The van der Waals surface area contributed by atoms with Gasteiger partial charge in [0.1, 0.15) is 12.1 Å². The average Bonchev–Trinajstić information content (AvgIpc) is 3.02. The van der Waals surface area contributed by atoms with Gasteiger partial charge in [-0.2, -0.15) is 0 Å². The van der Waals surface area contributed by atoms with Crippen molar-refractivity contribution < 1.29 is 9.59 Å². The van der Waals surface area contributed by atoms with Crippen LogP contribution in [0.2, 0.25) is 0 Å². The molecule has 2 unspecified atom stereocenters. The van der Waals surface area contributed by atoms with Crippen molar-refractivity contribution in [1.82, 2.24) is 10.2 Å². The molecule has 0 aromatic carbocycles. The number of carbonyl (C=O) groups excluding carboxylic acids is 2. The van der Waals surface area contributed by atoms with Gasteiger partial charge in [-0.1, -0.05) is 6.92 Å². The first-order chi connectivity index (χ1) is 7.49. The van der Waals surface area contributed by atoms with Gasteiger partial charge >= 0.3 is 0 Å². The minimum atomic E-state index is -0.364. The van der Waals surface area contributed by atoms with Crippen LogP contribution in [0.5, 0.6) is 0 Å². The summed E-state index contributed by atoms with van der Waals surface area (Å²) in [6, 6.07) is -0.677. The Bertz CT molecular complexity index is 323. The maximum atomic E-state index is 12.0. The van der Waals surface area contributed by atoms with Crippen LogP contribution < -0.4 is 5.32 Å². The van der Waals surface area contributed by atoms with Crippen molar-refractivity contribution in [2.75, 3.05) is 6.54 Å². The fourth-order valence-corrected chi connectivity index (χ4v) is 2.35. The SMILES string of the molecule is CCC1(CN2C(=O)C(C)NC(=O)C2C)CC1. The van der Waals surface area contributed by atoms with Gasteiger partial charge in [0.15, 0.2) is 0 Å². The van der Waals surface area contributed by atoms with E-state index < -0.39 is 0 Å². The van der Waals surface area contributed by atoms with Gasteiger partial charge in [-0.15, -0.1) is 0 Å². The zero-order valence-corrected chi connectivity index (χ0v) is 10.2. The number of nitrogens with zero attached hydrogens (tertiary/aromatic N) is 1. The highest BCUT2D eigenvalue weighted by Gasteiger charge is 2.46. The Morgan fingerprint density at radius 1 is 1.38 bits per heavy atom. The molecule has 1 saturated carbocycles. The summed E-state index contributed by atoms with van der Waals surface area (Å²) in [5.41, 5.74) is 0.307. The number of carbonyl (C=O) groups is 2. The van der Waals surface area contributed by atoms with Crippen molar-refractivity contribution in [1.29, 1.82) is 0 Å². The smallest absolute Gasteiger partial charge is 0.245 e. The van der Waals surface area contributed by atoms with E-state index in [0.29, 0.717) is 5.41 Å². The maximum absolute atomic E-state index is 12.0. The van der Waals surface area contributed by atoms with E-state index in [-0.39, 0.29) is 23.9 Å². The molecule has 2 atom stereocenters. The van der Waals surface area contributed by atoms with Gasteiger partial charge in [0, 0.05) is 6.54 Å². The highest BCUT2D eigenvalue weighted by Crippen LogP contribution is 2.49. The molecule has 2 aliphatic rings. The van der Waals surface area contributed by atoms with E-state index in [4.69, 9.17) is 0 Å². The third kappa shape index (κ3) is 1.81. The molecule has 2 rings (SSSR count). The molecular formula is C12H20N2O2. The molecule has 0 spiro atoms. The van der Waals surface area contributed by atoms with E-state index in [1.165, 1.54) is 12.8 Å². The van der Waals surface area contributed by atoms with Gasteiger partial charge in [0.25, 0.3) is 0 Å². The van der Waals surface area contributed by atoms with Crippen molar-refractivity contribution in [3.63, 3.8) is 0 Å². The van der Waals surface area contributed by atoms with Crippen LogP contribution in [-0.4, -0.2) is 35.3 Å². The number of amides is 2. The minimum absolute atomic E-state index is 0.0287. The van der Waals surface area contributed by atoms with Crippen LogP contribution >= 0.6 is 0 Å². The summed E-state index contributed by atoms with van der Waals surface area (Å²) in [6.07, 6.45) is 3.48. The molecule has 2 fully saturated rings. The molecule has 1 N–H and O–H groups in total. The third-order valence-corrected chi connectivity index (χ3v) is 4.07. The highest BCUT2D eigenvalue weighted by molar-refractivity contribution is 5.96. The molecule has 4 nitrogen and oxygen atoms in total. The van der Waals surface area contributed by atoms with Gasteiger partial charge in [-0.05, 0) is 38.5 Å². The van der Waals surface area contributed by atoms with E-state index >= 15 is 0 Å². The van der Waals surface area contributed by atoms with Crippen LogP contribution in [0.4, 0.5) is 0 Å². The third-order valence-electron chi connectivity index (χ3n) is 4.07. The van der Waals surface area contributed by atoms with Crippen molar-refractivity contribution in [3.05, 3.63) is 0 Å². The molecule has 0 aromatic rings. The molecule has 16 heavy (non-hydrogen) atoms. The second-order valence-electron chi connectivity index (χ2n) is 5.23. The van der Waals surface area contributed by atoms with Crippen molar-refractivity contribution in [2.45, 2.75) is 52.1 Å². The first kappa shape index (κ1) is 11.4. The Morgan fingerprint density at radius 3 is 2.50 bits per heavy atom. The lowest BCUT2D eigenvalue weighted by atomic mass is 10.00. The van der Waals surface area contributed by atoms with E-state index in [1.807, 2.05) is 6.92 Å². The molecule has 4 heteroatoms. The topological polar surface area (TPSA) is 49.4 Å². The second kappa shape index (κ2) is 3.75. The molecule has 0 aromatic heterocycles. The number of piperazine rings is 1. The Balaban J connectivity index is 2.11. The lowest BCUT2D eigenvalue weighted by Gasteiger charge is -2.38. The molecule has 1 heterocycles. The van der Waals surface area contributed by atoms with Gasteiger partial charge in [-0.25, -0.2) is 0 Å². The number of hydrogen-bond donors (Lipinski definition) is 1. The van der Waals surface area contributed by atoms with E-state index in [1.54, 1.807) is 11.8 Å². The largest absolute Gasteiger partial charge is 0.343 e. The Hall–Kier alpha value is -1.06. The lowest BCUT2D eigenvalue weighted by molar-refractivity contribution is -0.149. The van der Waals surface area contributed by atoms with Crippen LogP contribution in [0.15, 0.2) is 0 Å². The van der Waals surface area contributed by atoms with Gasteiger partial charge in [0.05, 0.1) is 0 Å². The Kier molecular flexibility index (Phi) is 2.68. The number of hydrogen-bond acceptors (Lipinski definition) is 2. The summed E-state index contributed by atoms with van der Waals surface area (Å²) >= 11 is 0. The first-order valence-electron chi connectivity index (χ1n) is 6.10. The minimum Gasteiger partial charge on any atom is -0.343 e. The van der Waals surface area contributed by atoms with E-state index in [0.717, 1.165) is 13.0 Å². The average molecular weight is 224 g/mol. The summed E-state index contributed by atoms with van der Waals surface area (Å²) in [6.45, 7) is 6.48. The standard InChI is InChI=1S/C12H20N2O2/c1-4-12(5-6-12)7-14-9(3)10(15)13-8(2)11(14)16/h8-9H,4-7H2,1-3H3,(H,13,15). The quantitative estimate of drug-likeness (QED) is 0.774. The van der Waals surface area contributed by atoms with Crippen LogP contribution in [-0.2, 0) is 9.59 Å².